The van der Waals surface area contributed by atoms with E-state index in [1.54, 1.807) is 12.1 Å². The number of fused-ring (bicyclic) bond motifs is 1. The first-order valence-electron chi connectivity index (χ1n) is 5.98. The van der Waals surface area contributed by atoms with E-state index in [4.69, 9.17) is 0 Å². The summed E-state index contributed by atoms with van der Waals surface area (Å²) in [6, 6.07) is 5.29. The third kappa shape index (κ3) is 3.72. The summed E-state index contributed by atoms with van der Waals surface area (Å²) in [6.07, 6.45) is -4.27. The molecule has 1 aromatic carbocycles. The van der Waals surface area contributed by atoms with Crippen molar-refractivity contribution in [2.24, 2.45) is 0 Å². The van der Waals surface area contributed by atoms with Gasteiger partial charge in [-0.2, -0.15) is 13.2 Å². The number of rotatable bonds is 3. The molecule has 2 nitrogen and oxygen atoms in total. The molecule has 0 aliphatic carbocycles. The number of hydrogen-bond donors (Lipinski definition) is 1. The van der Waals surface area contributed by atoms with Gasteiger partial charge in [0.05, 0.1) is 0 Å². The van der Waals surface area contributed by atoms with Crippen LogP contribution in [-0.2, 0) is 6.42 Å². The van der Waals surface area contributed by atoms with E-state index in [-0.39, 0.29) is 12.3 Å². The lowest BCUT2D eigenvalue weighted by molar-refractivity contribution is -0.135. The van der Waals surface area contributed by atoms with Crippen molar-refractivity contribution in [3.8, 4) is 0 Å². The summed E-state index contributed by atoms with van der Waals surface area (Å²) < 4.78 is 36.5. The van der Waals surface area contributed by atoms with Gasteiger partial charge in [-0.15, -0.1) is 0 Å². The van der Waals surface area contributed by atoms with Crippen LogP contribution in [0.3, 0.4) is 0 Å². The van der Waals surface area contributed by atoms with E-state index in [1.807, 2.05) is 6.07 Å². The van der Waals surface area contributed by atoms with Gasteiger partial charge in [-0.1, -0.05) is 28.1 Å². The average molecular weight is 336 g/mol. The molecule has 1 amide bonds. The lowest BCUT2D eigenvalue weighted by atomic mass is 9.96. The largest absolute Gasteiger partial charge is 0.389 e. The number of hydrogen-bond acceptors (Lipinski definition) is 1. The minimum atomic E-state index is -4.16. The lowest BCUT2D eigenvalue weighted by Crippen LogP contribution is -2.31. The van der Waals surface area contributed by atoms with E-state index < -0.39 is 17.4 Å². The van der Waals surface area contributed by atoms with Crippen molar-refractivity contribution < 1.29 is 18.0 Å². The Labute approximate surface area is 117 Å². The maximum Gasteiger partial charge on any atom is 0.389 e. The first-order chi connectivity index (χ1) is 8.87. The van der Waals surface area contributed by atoms with Crippen LogP contribution in [0, 0.1) is 0 Å². The highest BCUT2D eigenvalue weighted by Crippen LogP contribution is 2.34. The highest BCUT2D eigenvalue weighted by Gasteiger charge is 2.28. The van der Waals surface area contributed by atoms with E-state index >= 15 is 0 Å². The van der Waals surface area contributed by atoms with Crippen molar-refractivity contribution in [1.82, 2.24) is 5.32 Å². The number of benzene rings is 1. The minimum absolute atomic E-state index is 0.0378. The molecule has 0 saturated carbocycles. The summed E-state index contributed by atoms with van der Waals surface area (Å²) in [5, 5.41) is 2.73. The van der Waals surface area contributed by atoms with Crippen LogP contribution in [0.15, 0.2) is 18.2 Å². The molecule has 0 bridgehead atoms. The Morgan fingerprint density at radius 3 is 2.79 bits per heavy atom. The van der Waals surface area contributed by atoms with E-state index in [2.05, 4.69) is 21.2 Å². The quantitative estimate of drug-likeness (QED) is 0.837. The number of carbonyl (C=O) groups is 1. The third-order valence-electron chi connectivity index (χ3n) is 3.10. The summed E-state index contributed by atoms with van der Waals surface area (Å²) in [5.74, 6) is -0.154. The SMILES string of the molecule is O=C1NCCc2ccc(C(Br)CCC(F)(F)F)cc21. The Bertz CT molecular complexity index is 487. The van der Waals surface area contributed by atoms with Crippen molar-refractivity contribution in [1.29, 1.82) is 0 Å². The number of amides is 1. The van der Waals surface area contributed by atoms with E-state index in [0.717, 1.165) is 12.0 Å². The van der Waals surface area contributed by atoms with Crippen LogP contribution in [0.2, 0.25) is 0 Å². The topological polar surface area (TPSA) is 29.1 Å². The van der Waals surface area contributed by atoms with Crippen LogP contribution < -0.4 is 5.32 Å². The molecule has 104 valence electrons. The van der Waals surface area contributed by atoms with Crippen molar-refractivity contribution in [2.45, 2.75) is 30.3 Å². The lowest BCUT2D eigenvalue weighted by Gasteiger charge is -2.19. The highest BCUT2D eigenvalue weighted by molar-refractivity contribution is 9.09. The maximum atomic E-state index is 12.2. The summed E-state index contributed by atoms with van der Waals surface area (Å²) >= 11 is 3.25. The van der Waals surface area contributed by atoms with Gasteiger partial charge >= 0.3 is 6.18 Å². The Hall–Kier alpha value is -1.04. The monoisotopic (exact) mass is 335 g/mol. The second kappa shape index (κ2) is 5.53. The predicted octanol–water partition coefficient (Wildman–Crippen LogP) is 3.75. The second-order valence-electron chi connectivity index (χ2n) is 4.54. The Morgan fingerprint density at radius 2 is 2.11 bits per heavy atom. The molecule has 1 unspecified atom stereocenters. The number of carbonyl (C=O) groups excluding carboxylic acids is 1. The predicted molar refractivity (Wildman–Crippen MR) is 69.4 cm³/mol. The molecule has 1 aromatic rings. The fourth-order valence-corrected chi connectivity index (χ4v) is 2.59. The zero-order chi connectivity index (χ0) is 14.0. The first-order valence-corrected chi connectivity index (χ1v) is 6.90. The van der Waals surface area contributed by atoms with Crippen LogP contribution in [-0.4, -0.2) is 18.6 Å². The second-order valence-corrected chi connectivity index (χ2v) is 5.65. The third-order valence-corrected chi connectivity index (χ3v) is 4.09. The molecule has 0 saturated heterocycles. The molecule has 1 aliphatic heterocycles. The molecule has 19 heavy (non-hydrogen) atoms. The zero-order valence-electron chi connectivity index (χ0n) is 10.1. The fraction of sp³-hybridized carbons (Fsp3) is 0.462. The summed E-state index contributed by atoms with van der Waals surface area (Å²) in [7, 11) is 0. The maximum absolute atomic E-state index is 12.2. The van der Waals surface area contributed by atoms with Crippen LogP contribution in [0.25, 0.3) is 0 Å². The molecule has 0 aromatic heterocycles. The van der Waals surface area contributed by atoms with E-state index in [1.165, 1.54) is 0 Å². The number of alkyl halides is 4. The van der Waals surface area contributed by atoms with E-state index in [9.17, 15) is 18.0 Å². The Balaban J connectivity index is 2.13. The molecule has 1 N–H and O–H groups in total. The highest BCUT2D eigenvalue weighted by atomic mass is 79.9. The molecule has 0 radical (unpaired) electrons. The normalized spacial score (nSPS) is 16.7. The van der Waals surface area contributed by atoms with Crippen molar-refractivity contribution >= 4 is 21.8 Å². The van der Waals surface area contributed by atoms with Gasteiger partial charge < -0.3 is 5.32 Å². The molecule has 2 rings (SSSR count). The van der Waals surface area contributed by atoms with Crippen LogP contribution >= 0.6 is 15.9 Å². The van der Waals surface area contributed by atoms with Gasteiger partial charge in [0.2, 0.25) is 0 Å². The van der Waals surface area contributed by atoms with Gasteiger partial charge in [0, 0.05) is 23.4 Å². The van der Waals surface area contributed by atoms with Crippen molar-refractivity contribution in [3.63, 3.8) is 0 Å². The average Bonchev–Trinajstić information content (AvgIpc) is 2.35. The number of halogens is 4. The van der Waals surface area contributed by atoms with Gasteiger partial charge in [-0.3, -0.25) is 4.79 Å². The molecule has 1 aliphatic rings. The Kier molecular flexibility index (Phi) is 4.18. The smallest absolute Gasteiger partial charge is 0.352 e. The van der Waals surface area contributed by atoms with Crippen LogP contribution in [0.4, 0.5) is 13.2 Å². The zero-order valence-corrected chi connectivity index (χ0v) is 11.6. The fourth-order valence-electron chi connectivity index (χ4n) is 2.08. The molecule has 0 spiro atoms. The first kappa shape index (κ1) is 14.4. The standard InChI is InChI=1S/C13H13BrF3NO/c14-11(3-5-13(15,16)17)9-2-1-8-4-6-18-12(19)10(8)7-9/h1-2,7,11H,3-6H2,(H,18,19). The number of nitrogens with one attached hydrogen (secondary N) is 1. The van der Waals surface area contributed by atoms with E-state index in [0.29, 0.717) is 17.7 Å². The molecule has 1 atom stereocenters. The van der Waals surface area contributed by atoms with Gasteiger partial charge in [-0.05, 0) is 30.0 Å². The van der Waals surface area contributed by atoms with Crippen LogP contribution in [0.1, 0.15) is 39.2 Å². The molecular formula is C13H13BrF3NO. The van der Waals surface area contributed by atoms with Crippen molar-refractivity contribution in [2.75, 3.05) is 6.54 Å². The molecular weight excluding hydrogens is 323 g/mol. The molecule has 1 heterocycles. The van der Waals surface area contributed by atoms with Gasteiger partial charge in [0.15, 0.2) is 0 Å². The van der Waals surface area contributed by atoms with Gasteiger partial charge in [0.25, 0.3) is 5.91 Å². The molecule has 0 fully saturated rings. The molecule has 6 heteroatoms. The summed E-state index contributed by atoms with van der Waals surface area (Å²) in [5.41, 5.74) is 2.23. The van der Waals surface area contributed by atoms with Crippen LogP contribution in [0.5, 0.6) is 0 Å². The Morgan fingerprint density at radius 1 is 1.37 bits per heavy atom. The summed E-state index contributed by atoms with van der Waals surface area (Å²) in [6.45, 7) is 0.608. The minimum Gasteiger partial charge on any atom is -0.352 e. The van der Waals surface area contributed by atoms with Gasteiger partial charge in [0.1, 0.15) is 0 Å². The summed E-state index contributed by atoms with van der Waals surface area (Å²) in [4.78, 5) is 11.3. The van der Waals surface area contributed by atoms with Crippen molar-refractivity contribution in [3.05, 3.63) is 34.9 Å². The van der Waals surface area contributed by atoms with Gasteiger partial charge in [-0.25, -0.2) is 0 Å².